The topological polar surface area (TPSA) is 66.4 Å². The second kappa shape index (κ2) is 6.39. The molecular weight excluding hydrogens is 246 g/mol. The van der Waals surface area contributed by atoms with Crippen molar-refractivity contribution in [3.05, 3.63) is 0 Å². The van der Waals surface area contributed by atoms with Gasteiger partial charge in [-0.1, -0.05) is 0 Å². The molecule has 1 aliphatic rings. The van der Waals surface area contributed by atoms with Crippen LogP contribution in [-0.2, 0) is 9.59 Å². The van der Waals surface area contributed by atoms with Gasteiger partial charge in [0.1, 0.15) is 0 Å². The van der Waals surface area contributed by atoms with Gasteiger partial charge < -0.3 is 10.4 Å². The highest BCUT2D eigenvalue weighted by Gasteiger charge is 2.29. The molecule has 2 N–H and O–H groups in total. The summed E-state index contributed by atoms with van der Waals surface area (Å²) in [6.07, 6.45) is 2.35. The minimum absolute atomic E-state index is 0.0144. The summed E-state index contributed by atoms with van der Waals surface area (Å²) in [7, 11) is 0. The molecule has 0 spiro atoms. The van der Waals surface area contributed by atoms with Crippen LogP contribution < -0.4 is 5.32 Å². The number of carboxylic acid groups (broad SMARTS) is 1. The van der Waals surface area contributed by atoms with Gasteiger partial charge in [-0.2, -0.15) is 11.8 Å². The van der Waals surface area contributed by atoms with Crippen molar-refractivity contribution in [3.8, 4) is 0 Å². The van der Waals surface area contributed by atoms with Gasteiger partial charge in [0.15, 0.2) is 0 Å². The summed E-state index contributed by atoms with van der Waals surface area (Å²) < 4.78 is 0.174. The molecule has 1 saturated heterocycles. The van der Waals surface area contributed by atoms with E-state index in [1.54, 1.807) is 0 Å². The molecule has 0 aromatic carbocycles. The van der Waals surface area contributed by atoms with E-state index in [0.717, 1.165) is 18.2 Å². The zero-order valence-electron chi connectivity index (χ0n) is 9.32. The fraction of sp³-hybridized carbons (Fsp3) is 0.800. The Kier molecular flexibility index (Phi) is 5.48. The Labute approximate surface area is 104 Å². The van der Waals surface area contributed by atoms with Gasteiger partial charge in [-0.25, -0.2) is 0 Å². The molecule has 16 heavy (non-hydrogen) atoms. The Bertz CT molecular complexity index is 265. The number of carboxylic acids is 1. The summed E-state index contributed by atoms with van der Waals surface area (Å²) in [6, 6.07) is 0. The number of amides is 1. The van der Waals surface area contributed by atoms with Crippen LogP contribution in [0.2, 0.25) is 0 Å². The summed E-state index contributed by atoms with van der Waals surface area (Å²) in [5, 5.41) is 11.3. The second-order valence-electron chi connectivity index (χ2n) is 4.07. The zero-order valence-corrected chi connectivity index (χ0v) is 11.0. The molecule has 0 aromatic heterocycles. The van der Waals surface area contributed by atoms with Crippen LogP contribution in [0.4, 0.5) is 0 Å². The van der Waals surface area contributed by atoms with E-state index >= 15 is 0 Å². The molecule has 0 bridgehead atoms. The van der Waals surface area contributed by atoms with Gasteiger partial charge >= 0.3 is 5.97 Å². The van der Waals surface area contributed by atoms with Crippen LogP contribution in [0, 0.1) is 0 Å². The van der Waals surface area contributed by atoms with Crippen molar-refractivity contribution in [2.45, 2.75) is 24.5 Å². The Hall–Kier alpha value is -0.360. The molecular formula is C10H17NO3S2. The minimum atomic E-state index is -0.879. The molecule has 0 saturated carbocycles. The number of thioether (sulfide) groups is 2. The van der Waals surface area contributed by atoms with Crippen molar-refractivity contribution in [3.63, 3.8) is 0 Å². The summed E-state index contributed by atoms with van der Waals surface area (Å²) in [4.78, 5) is 21.6. The monoisotopic (exact) mass is 263 g/mol. The van der Waals surface area contributed by atoms with Crippen LogP contribution >= 0.6 is 23.5 Å². The van der Waals surface area contributed by atoms with Crippen molar-refractivity contribution in [1.29, 1.82) is 0 Å². The number of aliphatic carboxylic acids is 1. The zero-order chi connectivity index (χ0) is 12.0. The van der Waals surface area contributed by atoms with Crippen molar-refractivity contribution in [2.24, 2.45) is 0 Å². The molecule has 0 radical (unpaired) electrons. The van der Waals surface area contributed by atoms with Crippen LogP contribution in [-0.4, -0.2) is 45.5 Å². The van der Waals surface area contributed by atoms with E-state index in [1.807, 2.05) is 11.8 Å². The first-order valence-corrected chi connectivity index (χ1v) is 7.36. The average molecular weight is 263 g/mol. The van der Waals surface area contributed by atoms with Gasteiger partial charge in [-0.3, -0.25) is 9.59 Å². The van der Waals surface area contributed by atoms with E-state index in [1.165, 1.54) is 12.2 Å². The molecule has 92 valence electrons. The van der Waals surface area contributed by atoms with Crippen LogP contribution in [0.3, 0.4) is 0 Å². The third-order valence-electron chi connectivity index (χ3n) is 2.42. The molecule has 1 heterocycles. The largest absolute Gasteiger partial charge is 0.481 e. The lowest BCUT2D eigenvalue weighted by molar-refractivity contribution is -0.133. The predicted octanol–water partition coefficient (Wildman–Crippen LogP) is 1.21. The Morgan fingerprint density at radius 1 is 1.50 bits per heavy atom. The summed E-state index contributed by atoms with van der Waals surface area (Å²) in [5.74, 6) is 0.433. The summed E-state index contributed by atoms with van der Waals surface area (Å²) in [6.45, 7) is 2.85. The lowest BCUT2D eigenvalue weighted by Gasteiger charge is -2.22. The van der Waals surface area contributed by atoms with Gasteiger partial charge in [0.05, 0.1) is 11.5 Å². The fourth-order valence-corrected chi connectivity index (χ4v) is 3.35. The Morgan fingerprint density at radius 2 is 2.25 bits per heavy atom. The fourth-order valence-electron chi connectivity index (χ4n) is 1.54. The van der Waals surface area contributed by atoms with Gasteiger partial charge in [-0.15, -0.1) is 11.8 Å². The van der Waals surface area contributed by atoms with Crippen LogP contribution in [0.1, 0.15) is 19.8 Å². The van der Waals surface area contributed by atoms with Crippen LogP contribution in [0.5, 0.6) is 0 Å². The molecule has 0 aromatic rings. The lowest BCUT2D eigenvalue weighted by Crippen LogP contribution is -2.37. The highest BCUT2D eigenvalue weighted by atomic mass is 32.2. The van der Waals surface area contributed by atoms with Gasteiger partial charge in [-0.05, 0) is 25.5 Å². The molecule has 1 atom stereocenters. The first-order valence-electron chi connectivity index (χ1n) is 5.22. The molecule has 1 fully saturated rings. The van der Waals surface area contributed by atoms with Crippen LogP contribution in [0.25, 0.3) is 0 Å². The highest BCUT2D eigenvalue weighted by Crippen LogP contribution is 2.36. The van der Waals surface area contributed by atoms with Gasteiger partial charge in [0.25, 0.3) is 0 Å². The quantitative estimate of drug-likeness (QED) is 0.754. The number of carbonyl (C=O) groups excluding carboxylic acids is 1. The van der Waals surface area contributed by atoms with Crippen molar-refractivity contribution in [2.75, 3.05) is 23.8 Å². The molecule has 4 nitrogen and oxygen atoms in total. The maximum atomic E-state index is 11.4. The summed E-state index contributed by atoms with van der Waals surface area (Å²) in [5.41, 5.74) is 0. The second-order valence-corrected chi connectivity index (χ2v) is 6.73. The SMILES string of the molecule is CC1(CNC(=O)CSCC(=O)O)CCCS1. The molecule has 1 amide bonds. The summed E-state index contributed by atoms with van der Waals surface area (Å²) >= 11 is 3.03. The number of hydrogen-bond donors (Lipinski definition) is 2. The Balaban J connectivity index is 2.12. The number of nitrogens with one attached hydrogen (secondary N) is 1. The lowest BCUT2D eigenvalue weighted by atomic mass is 10.1. The Morgan fingerprint density at radius 3 is 2.81 bits per heavy atom. The minimum Gasteiger partial charge on any atom is -0.481 e. The van der Waals surface area contributed by atoms with Gasteiger partial charge in [0.2, 0.25) is 5.91 Å². The van der Waals surface area contributed by atoms with Crippen molar-refractivity contribution >= 4 is 35.4 Å². The normalized spacial score (nSPS) is 24.3. The smallest absolute Gasteiger partial charge is 0.313 e. The van der Waals surface area contributed by atoms with E-state index in [-0.39, 0.29) is 22.2 Å². The molecule has 1 rings (SSSR count). The van der Waals surface area contributed by atoms with Gasteiger partial charge in [0, 0.05) is 11.3 Å². The van der Waals surface area contributed by atoms with Crippen LogP contribution in [0.15, 0.2) is 0 Å². The first kappa shape index (κ1) is 13.7. The van der Waals surface area contributed by atoms with E-state index in [9.17, 15) is 9.59 Å². The number of carbonyl (C=O) groups is 2. The molecule has 0 aliphatic carbocycles. The maximum Gasteiger partial charge on any atom is 0.313 e. The number of rotatable bonds is 6. The average Bonchev–Trinajstić information content (AvgIpc) is 2.62. The van der Waals surface area contributed by atoms with E-state index < -0.39 is 5.97 Å². The number of hydrogen-bond acceptors (Lipinski definition) is 4. The predicted molar refractivity (Wildman–Crippen MR) is 68.1 cm³/mol. The maximum absolute atomic E-state index is 11.4. The van der Waals surface area contributed by atoms with E-state index in [2.05, 4.69) is 12.2 Å². The molecule has 1 unspecified atom stereocenters. The van der Waals surface area contributed by atoms with Crippen molar-refractivity contribution < 1.29 is 14.7 Å². The van der Waals surface area contributed by atoms with Crippen molar-refractivity contribution in [1.82, 2.24) is 5.32 Å². The van der Waals surface area contributed by atoms with E-state index in [4.69, 9.17) is 5.11 Å². The van der Waals surface area contributed by atoms with E-state index in [0.29, 0.717) is 6.54 Å². The standard InChI is InChI=1S/C10H17NO3S2/c1-10(3-2-4-16-10)7-11-8(12)5-15-6-9(13)14/h2-7H2,1H3,(H,11,12)(H,13,14). The third kappa shape index (κ3) is 5.12. The molecule has 1 aliphatic heterocycles. The molecule has 6 heteroatoms. The first-order chi connectivity index (χ1) is 7.52. The highest BCUT2D eigenvalue weighted by molar-refractivity contribution is 8.01. The third-order valence-corrected chi connectivity index (χ3v) is 4.87.